The summed E-state index contributed by atoms with van der Waals surface area (Å²) in [6, 6.07) is 16.4. The summed E-state index contributed by atoms with van der Waals surface area (Å²) in [5, 5.41) is 5.37. The summed E-state index contributed by atoms with van der Waals surface area (Å²) in [7, 11) is 1.75. The first-order valence-corrected chi connectivity index (χ1v) is 7.49. The molecule has 0 unspecified atom stereocenters. The first-order chi connectivity index (χ1) is 10.2. The summed E-state index contributed by atoms with van der Waals surface area (Å²) in [5.74, 6) is 0.356. The van der Waals surface area contributed by atoms with Crippen LogP contribution in [0.15, 0.2) is 53.8 Å². The lowest BCUT2D eigenvalue weighted by atomic mass is 9.76. The second-order valence-electron chi connectivity index (χ2n) is 5.48. The molecule has 0 aromatic heterocycles. The number of fused-ring (bicyclic) bond motifs is 1. The van der Waals surface area contributed by atoms with Crippen LogP contribution in [0.4, 0.5) is 0 Å². The standard InChI is InChI=1S/C17H17ClN2O/c1-20(19-21)17-11-10-14(12-6-8-13(18)9-7-12)15-4-2-3-5-16(15)17/h2-9,14,17H,10-11H2,1H3/t14-,17-/m0/s1. The molecule has 0 saturated heterocycles. The van der Waals surface area contributed by atoms with Gasteiger partial charge in [-0.15, -0.1) is 4.91 Å². The van der Waals surface area contributed by atoms with Gasteiger partial charge in [0.15, 0.2) is 0 Å². The number of nitrogens with zero attached hydrogens (tertiary/aromatic N) is 2. The Balaban J connectivity index is 2.01. The molecule has 0 radical (unpaired) electrons. The van der Waals surface area contributed by atoms with Crippen molar-refractivity contribution in [2.45, 2.75) is 24.8 Å². The molecule has 1 aliphatic rings. The Bertz CT molecular complexity index is 641. The molecule has 0 saturated carbocycles. The third-order valence-corrected chi connectivity index (χ3v) is 4.56. The largest absolute Gasteiger partial charge is 0.256 e. The highest BCUT2D eigenvalue weighted by Crippen LogP contribution is 2.43. The van der Waals surface area contributed by atoms with Crippen LogP contribution in [0.25, 0.3) is 0 Å². The zero-order chi connectivity index (χ0) is 14.8. The average molecular weight is 301 g/mol. The fraction of sp³-hybridized carbons (Fsp3) is 0.294. The molecule has 0 spiro atoms. The van der Waals surface area contributed by atoms with Crippen molar-refractivity contribution < 1.29 is 0 Å². The first kappa shape index (κ1) is 14.1. The van der Waals surface area contributed by atoms with Gasteiger partial charge in [0, 0.05) is 18.0 Å². The van der Waals surface area contributed by atoms with Gasteiger partial charge in [-0.1, -0.05) is 48.0 Å². The molecule has 0 heterocycles. The Hall–Kier alpha value is -1.87. The van der Waals surface area contributed by atoms with Gasteiger partial charge in [-0.3, -0.25) is 5.01 Å². The smallest absolute Gasteiger partial charge is 0.0751 e. The molecule has 1 aliphatic carbocycles. The summed E-state index contributed by atoms with van der Waals surface area (Å²) in [5.41, 5.74) is 3.75. The summed E-state index contributed by atoms with van der Waals surface area (Å²) in [4.78, 5) is 10.9. The molecule has 3 nitrogen and oxygen atoms in total. The number of benzene rings is 2. The van der Waals surface area contributed by atoms with E-state index in [2.05, 4.69) is 35.6 Å². The van der Waals surface area contributed by atoms with Crippen molar-refractivity contribution >= 4 is 11.6 Å². The highest BCUT2D eigenvalue weighted by Gasteiger charge is 2.30. The van der Waals surface area contributed by atoms with E-state index in [4.69, 9.17) is 11.6 Å². The Kier molecular flexibility index (Phi) is 3.93. The van der Waals surface area contributed by atoms with Gasteiger partial charge >= 0.3 is 0 Å². The van der Waals surface area contributed by atoms with Crippen LogP contribution in [-0.4, -0.2) is 12.1 Å². The number of nitroso groups, excluding NO2 is 1. The number of rotatable bonds is 3. The molecular formula is C17H17ClN2O. The lowest BCUT2D eigenvalue weighted by molar-refractivity contribution is 0.223. The predicted molar refractivity (Wildman–Crippen MR) is 85.3 cm³/mol. The van der Waals surface area contributed by atoms with E-state index in [-0.39, 0.29) is 6.04 Å². The fourth-order valence-corrected chi connectivity index (χ4v) is 3.38. The Morgan fingerprint density at radius 2 is 1.71 bits per heavy atom. The maximum absolute atomic E-state index is 10.9. The lowest BCUT2D eigenvalue weighted by Gasteiger charge is -2.34. The van der Waals surface area contributed by atoms with Crippen molar-refractivity contribution in [3.05, 3.63) is 75.2 Å². The maximum Gasteiger partial charge on any atom is 0.0751 e. The summed E-state index contributed by atoms with van der Waals surface area (Å²) < 4.78 is 0. The van der Waals surface area contributed by atoms with E-state index in [0.29, 0.717) is 5.92 Å². The van der Waals surface area contributed by atoms with E-state index in [1.54, 1.807) is 7.05 Å². The lowest BCUT2D eigenvalue weighted by Crippen LogP contribution is -2.25. The summed E-state index contributed by atoms with van der Waals surface area (Å²) in [6.45, 7) is 0. The van der Waals surface area contributed by atoms with E-state index in [0.717, 1.165) is 17.9 Å². The Morgan fingerprint density at radius 3 is 2.38 bits per heavy atom. The number of halogens is 1. The third-order valence-electron chi connectivity index (χ3n) is 4.31. The Morgan fingerprint density at radius 1 is 1.05 bits per heavy atom. The van der Waals surface area contributed by atoms with Crippen LogP contribution in [0, 0.1) is 4.91 Å². The third kappa shape index (κ3) is 2.66. The van der Waals surface area contributed by atoms with E-state index in [9.17, 15) is 4.91 Å². The molecule has 0 N–H and O–H groups in total. The van der Waals surface area contributed by atoms with E-state index < -0.39 is 0 Å². The van der Waals surface area contributed by atoms with Crippen LogP contribution in [0.1, 0.15) is 41.5 Å². The molecule has 0 amide bonds. The van der Waals surface area contributed by atoms with Crippen LogP contribution in [0.3, 0.4) is 0 Å². The molecular weight excluding hydrogens is 284 g/mol. The molecule has 2 aromatic carbocycles. The van der Waals surface area contributed by atoms with E-state index >= 15 is 0 Å². The van der Waals surface area contributed by atoms with Crippen molar-refractivity contribution in [2.24, 2.45) is 5.29 Å². The monoisotopic (exact) mass is 300 g/mol. The second kappa shape index (κ2) is 5.86. The molecule has 0 aliphatic heterocycles. The maximum atomic E-state index is 10.9. The highest BCUT2D eigenvalue weighted by molar-refractivity contribution is 6.30. The van der Waals surface area contributed by atoms with Gasteiger partial charge in [0.25, 0.3) is 0 Å². The van der Waals surface area contributed by atoms with Gasteiger partial charge in [-0.25, -0.2) is 0 Å². The zero-order valence-electron chi connectivity index (χ0n) is 11.9. The van der Waals surface area contributed by atoms with Gasteiger partial charge < -0.3 is 0 Å². The van der Waals surface area contributed by atoms with Crippen molar-refractivity contribution in [1.82, 2.24) is 5.01 Å². The van der Waals surface area contributed by atoms with Crippen LogP contribution >= 0.6 is 11.6 Å². The molecule has 4 heteroatoms. The fourth-order valence-electron chi connectivity index (χ4n) is 3.25. The van der Waals surface area contributed by atoms with Gasteiger partial charge in [0.05, 0.1) is 11.3 Å². The number of hydrogen-bond donors (Lipinski definition) is 0. The first-order valence-electron chi connectivity index (χ1n) is 7.11. The quantitative estimate of drug-likeness (QED) is 0.595. The molecule has 21 heavy (non-hydrogen) atoms. The predicted octanol–water partition coefficient (Wildman–Crippen LogP) is 4.92. The topological polar surface area (TPSA) is 32.7 Å². The molecule has 3 rings (SSSR count). The van der Waals surface area contributed by atoms with Gasteiger partial charge in [0.2, 0.25) is 0 Å². The molecule has 2 aromatic rings. The van der Waals surface area contributed by atoms with E-state index in [1.807, 2.05) is 18.2 Å². The summed E-state index contributed by atoms with van der Waals surface area (Å²) >= 11 is 5.98. The van der Waals surface area contributed by atoms with Gasteiger partial charge in [-0.2, -0.15) is 0 Å². The average Bonchev–Trinajstić information content (AvgIpc) is 2.54. The zero-order valence-corrected chi connectivity index (χ0v) is 12.6. The van der Waals surface area contributed by atoms with Crippen LogP contribution < -0.4 is 0 Å². The van der Waals surface area contributed by atoms with Gasteiger partial charge in [0.1, 0.15) is 0 Å². The normalized spacial score (nSPS) is 20.7. The minimum Gasteiger partial charge on any atom is -0.256 e. The highest BCUT2D eigenvalue weighted by atomic mass is 35.5. The second-order valence-corrected chi connectivity index (χ2v) is 5.92. The Labute approximate surface area is 129 Å². The van der Waals surface area contributed by atoms with Crippen molar-refractivity contribution in [3.8, 4) is 0 Å². The molecule has 0 bridgehead atoms. The van der Waals surface area contributed by atoms with Crippen LogP contribution in [0.2, 0.25) is 5.02 Å². The minimum absolute atomic E-state index is 0.0715. The summed E-state index contributed by atoms with van der Waals surface area (Å²) in [6.07, 6.45) is 1.93. The molecule has 108 valence electrons. The SMILES string of the molecule is CN(N=O)[C@H]1CC[C@@H](c2ccc(Cl)cc2)c2ccccc21. The van der Waals surface area contributed by atoms with Crippen molar-refractivity contribution in [3.63, 3.8) is 0 Å². The van der Waals surface area contributed by atoms with Crippen LogP contribution in [0.5, 0.6) is 0 Å². The minimum atomic E-state index is 0.0715. The number of hydrogen-bond acceptors (Lipinski definition) is 2. The molecule has 2 atom stereocenters. The van der Waals surface area contributed by atoms with Crippen molar-refractivity contribution in [2.75, 3.05) is 7.05 Å². The van der Waals surface area contributed by atoms with Gasteiger partial charge in [-0.05, 0) is 41.7 Å². The molecule has 0 fully saturated rings. The van der Waals surface area contributed by atoms with Crippen molar-refractivity contribution in [1.29, 1.82) is 0 Å². The van der Waals surface area contributed by atoms with E-state index in [1.165, 1.54) is 21.7 Å². The van der Waals surface area contributed by atoms with Crippen LogP contribution in [-0.2, 0) is 0 Å².